The van der Waals surface area contributed by atoms with Crippen molar-refractivity contribution in [1.29, 1.82) is 0 Å². The lowest BCUT2D eigenvalue weighted by Crippen LogP contribution is -2.52. The lowest BCUT2D eigenvalue weighted by atomic mass is 9.90. The second kappa shape index (κ2) is 8.44. The van der Waals surface area contributed by atoms with Crippen LogP contribution in [0.25, 0.3) is 0 Å². The Morgan fingerprint density at radius 2 is 1.71 bits per heavy atom. The molecule has 0 saturated carbocycles. The highest BCUT2D eigenvalue weighted by atomic mass is 32.2. The van der Waals surface area contributed by atoms with E-state index in [0.29, 0.717) is 13.1 Å². The average molecular weight is 487 g/mol. The van der Waals surface area contributed by atoms with Crippen molar-refractivity contribution in [2.24, 2.45) is 0 Å². The molecule has 2 saturated heterocycles. The van der Waals surface area contributed by atoms with Gasteiger partial charge >= 0.3 is 6.03 Å². The van der Waals surface area contributed by atoms with Gasteiger partial charge in [-0.3, -0.25) is 9.69 Å². The molecule has 1 atom stereocenters. The molecule has 2 aromatic rings. The van der Waals surface area contributed by atoms with Gasteiger partial charge in [0, 0.05) is 26.2 Å². The molecule has 8 nitrogen and oxygen atoms in total. The van der Waals surface area contributed by atoms with Crippen molar-refractivity contribution in [3.05, 3.63) is 65.0 Å². The number of hydrogen-bond acceptors (Lipinski definition) is 5. The Morgan fingerprint density at radius 1 is 1.00 bits per heavy atom. The normalized spacial score (nSPS) is 23.9. The van der Waals surface area contributed by atoms with E-state index >= 15 is 0 Å². The van der Waals surface area contributed by atoms with Crippen LogP contribution in [0.5, 0.6) is 0 Å². The summed E-state index contributed by atoms with van der Waals surface area (Å²) in [6, 6.07) is 10.8. The minimum Gasteiger partial charge on any atom is -0.319 e. The van der Waals surface area contributed by atoms with Gasteiger partial charge in [0.05, 0.1) is 6.67 Å². The summed E-state index contributed by atoms with van der Waals surface area (Å²) in [4.78, 5) is 28.8. The summed E-state index contributed by atoms with van der Waals surface area (Å²) in [5.41, 5.74) is 2.16. The van der Waals surface area contributed by atoms with Crippen LogP contribution in [0.3, 0.4) is 0 Å². The van der Waals surface area contributed by atoms with Crippen LogP contribution in [0, 0.1) is 5.82 Å². The van der Waals surface area contributed by atoms with E-state index in [9.17, 15) is 22.4 Å². The fourth-order valence-corrected chi connectivity index (χ4v) is 6.50. The van der Waals surface area contributed by atoms with E-state index in [1.165, 1.54) is 38.5 Å². The number of halogens is 1. The van der Waals surface area contributed by atoms with Crippen molar-refractivity contribution < 1.29 is 22.4 Å². The Labute approximate surface area is 198 Å². The maximum Gasteiger partial charge on any atom is 0.326 e. The standard InChI is InChI=1S/C24H27FN4O4S/c1-24(19-10-9-17-5-4-6-18(17)15-19)22(30)29(23(31)26-24)16-27-11-13-28(14-12-27)34(32,33)21-8-3-2-7-20(21)25/h2-3,7-10,15H,4-6,11-14,16H2,1H3,(H,26,31)/t24-/m1/s1. The molecule has 3 aliphatic rings. The predicted octanol–water partition coefficient (Wildman–Crippen LogP) is 2.05. The van der Waals surface area contributed by atoms with Gasteiger partial charge in [-0.1, -0.05) is 30.3 Å². The fourth-order valence-electron chi connectivity index (χ4n) is 5.01. The second-order valence-corrected chi connectivity index (χ2v) is 11.1. The van der Waals surface area contributed by atoms with Gasteiger partial charge in [0.15, 0.2) is 0 Å². The number of piperazine rings is 1. The Kier molecular flexibility index (Phi) is 5.70. The monoisotopic (exact) mass is 486 g/mol. The van der Waals surface area contributed by atoms with Gasteiger partial charge in [-0.25, -0.2) is 22.5 Å². The number of urea groups is 1. The maximum atomic E-state index is 14.1. The first-order chi connectivity index (χ1) is 16.2. The van der Waals surface area contributed by atoms with Crippen molar-refractivity contribution in [3.63, 3.8) is 0 Å². The molecule has 1 aliphatic carbocycles. The molecule has 10 heteroatoms. The van der Waals surface area contributed by atoms with E-state index in [1.54, 1.807) is 6.92 Å². The Bertz CT molecular complexity index is 1260. The van der Waals surface area contributed by atoms with Gasteiger partial charge in [0.1, 0.15) is 16.3 Å². The van der Waals surface area contributed by atoms with Crippen LogP contribution in [0.4, 0.5) is 9.18 Å². The first-order valence-corrected chi connectivity index (χ1v) is 12.9. The summed E-state index contributed by atoms with van der Waals surface area (Å²) in [5, 5.41) is 2.85. The fraction of sp³-hybridized carbons (Fsp3) is 0.417. The van der Waals surface area contributed by atoms with Crippen LogP contribution in [0.15, 0.2) is 47.4 Å². The molecule has 0 spiro atoms. The molecule has 2 fully saturated rings. The van der Waals surface area contributed by atoms with E-state index in [-0.39, 0.29) is 30.6 Å². The topological polar surface area (TPSA) is 90.0 Å². The highest BCUT2D eigenvalue weighted by Crippen LogP contribution is 2.33. The largest absolute Gasteiger partial charge is 0.326 e. The Hall–Kier alpha value is -2.82. The van der Waals surface area contributed by atoms with Crippen molar-refractivity contribution in [2.45, 2.75) is 36.6 Å². The molecular weight excluding hydrogens is 459 g/mol. The van der Waals surface area contributed by atoms with Gasteiger partial charge in [-0.15, -0.1) is 0 Å². The van der Waals surface area contributed by atoms with Gasteiger partial charge < -0.3 is 5.32 Å². The smallest absolute Gasteiger partial charge is 0.319 e. The first-order valence-electron chi connectivity index (χ1n) is 11.4. The second-order valence-electron chi connectivity index (χ2n) is 9.22. The lowest BCUT2D eigenvalue weighted by molar-refractivity contribution is -0.132. The molecule has 34 heavy (non-hydrogen) atoms. The zero-order valence-electron chi connectivity index (χ0n) is 19.0. The highest BCUT2D eigenvalue weighted by molar-refractivity contribution is 7.89. The van der Waals surface area contributed by atoms with Gasteiger partial charge in [-0.05, 0) is 55.0 Å². The quantitative estimate of drug-likeness (QED) is 0.654. The number of benzene rings is 2. The summed E-state index contributed by atoms with van der Waals surface area (Å²) in [6.45, 7) is 2.72. The maximum absolute atomic E-state index is 14.1. The molecule has 180 valence electrons. The lowest BCUT2D eigenvalue weighted by Gasteiger charge is -2.35. The van der Waals surface area contributed by atoms with Crippen molar-refractivity contribution >= 4 is 22.0 Å². The molecule has 5 rings (SSSR count). The predicted molar refractivity (Wildman–Crippen MR) is 123 cm³/mol. The summed E-state index contributed by atoms with van der Waals surface area (Å²) in [6.07, 6.45) is 3.11. The van der Waals surface area contributed by atoms with Crippen LogP contribution in [0.1, 0.15) is 30.0 Å². The van der Waals surface area contributed by atoms with Crippen molar-refractivity contribution in [3.8, 4) is 0 Å². The van der Waals surface area contributed by atoms with Crippen molar-refractivity contribution in [2.75, 3.05) is 32.8 Å². The number of nitrogens with one attached hydrogen (secondary N) is 1. The van der Waals surface area contributed by atoms with Crippen LogP contribution in [-0.4, -0.2) is 67.3 Å². The van der Waals surface area contributed by atoms with Crippen molar-refractivity contribution in [1.82, 2.24) is 19.4 Å². The molecule has 2 aromatic carbocycles. The zero-order valence-corrected chi connectivity index (χ0v) is 19.8. The zero-order chi connectivity index (χ0) is 24.1. The number of rotatable bonds is 5. The van der Waals surface area contributed by atoms with E-state index in [0.717, 1.165) is 30.9 Å². The van der Waals surface area contributed by atoms with E-state index < -0.39 is 27.4 Å². The molecule has 1 N–H and O–H groups in total. The van der Waals surface area contributed by atoms with Gasteiger partial charge in [0.25, 0.3) is 5.91 Å². The minimum absolute atomic E-state index is 0.0682. The summed E-state index contributed by atoms with van der Waals surface area (Å²) in [5.74, 6) is -1.10. The highest BCUT2D eigenvalue weighted by Gasteiger charge is 2.49. The molecule has 0 aromatic heterocycles. The summed E-state index contributed by atoms with van der Waals surface area (Å²) < 4.78 is 40.9. The molecule has 0 bridgehead atoms. The Balaban J connectivity index is 1.26. The van der Waals surface area contributed by atoms with Crippen LogP contribution < -0.4 is 5.32 Å². The number of carbonyl (C=O) groups is 2. The first kappa shape index (κ1) is 22.9. The van der Waals surface area contributed by atoms with Gasteiger partial charge in [-0.2, -0.15) is 4.31 Å². The van der Waals surface area contributed by atoms with E-state index in [4.69, 9.17) is 0 Å². The number of imide groups is 1. The minimum atomic E-state index is -3.95. The number of amides is 3. The number of aryl methyl sites for hydroxylation is 2. The number of sulfonamides is 1. The summed E-state index contributed by atoms with van der Waals surface area (Å²) >= 11 is 0. The average Bonchev–Trinajstić information content (AvgIpc) is 3.38. The van der Waals surface area contributed by atoms with Crippen LogP contribution >= 0.6 is 0 Å². The number of carbonyl (C=O) groups excluding carboxylic acids is 2. The molecule has 2 aliphatic heterocycles. The number of nitrogens with zero attached hydrogens (tertiary/aromatic N) is 3. The number of hydrogen-bond donors (Lipinski definition) is 1. The third kappa shape index (κ3) is 3.79. The third-order valence-electron chi connectivity index (χ3n) is 7.08. The summed E-state index contributed by atoms with van der Waals surface area (Å²) in [7, 11) is -3.95. The number of fused-ring (bicyclic) bond motifs is 1. The molecular formula is C24H27FN4O4S. The molecule has 0 unspecified atom stereocenters. The Morgan fingerprint density at radius 3 is 2.44 bits per heavy atom. The molecule has 0 radical (unpaired) electrons. The SMILES string of the molecule is C[C@]1(c2ccc3c(c2)CCC3)NC(=O)N(CN2CCN(S(=O)(=O)c3ccccc3F)CC2)C1=O. The molecule has 3 amide bonds. The van der Waals surface area contributed by atoms with Crippen LogP contribution in [0.2, 0.25) is 0 Å². The van der Waals surface area contributed by atoms with E-state index in [2.05, 4.69) is 5.32 Å². The molecule has 2 heterocycles. The van der Waals surface area contributed by atoms with Crippen LogP contribution in [-0.2, 0) is 33.2 Å². The van der Waals surface area contributed by atoms with E-state index in [1.807, 2.05) is 23.1 Å². The third-order valence-corrected chi connectivity index (χ3v) is 9.01. The van der Waals surface area contributed by atoms with Gasteiger partial charge in [0.2, 0.25) is 10.0 Å².